The van der Waals surface area contributed by atoms with Crippen LogP contribution >= 0.6 is 0 Å². The maximum absolute atomic E-state index is 10.2. The van der Waals surface area contributed by atoms with E-state index in [9.17, 15) is 5.11 Å². The van der Waals surface area contributed by atoms with E-state index in [1.807, 2.05) is 6.07 Å². The Labute approximate surface area is 101 Å². The minimum atomic E-state index is -0.559. The molecule has 1 aliphatic rings. The molecule has 0 saturated heterocycles. The molecule has 17 heavy (non-hydrogen) atoms. The van der Waals surface area contributed by atoms with Gasteiger partial charge in [0.05, 0.1) is 20.3 Å². The lowest BCUT2D eigenvalue weighted by molar-refractivity contribution is 0.114. The van der Waals surface area contributed by atoms with Crippen molar-refractivity contribution in [2.24, 2.45) is 11.7 Å². The highest BCUT2D eigenvalue weighted by Crippen LogP contribution is 2.40. The maximum Gasteiger partial charge on any atom is 0.162 e. The van der Waals surface area contributed by atoms with Crippen molar-refractivity contribution in [3.8, 4) is 11.5 Å². The molecular formula is C12H18N2O3. The topological polar surface area (TPSA) is 76.7 Å². The lowest BCUT2D eigenvalue weighted by Crippen LogP contribution is -2.33. The van der Waals surface area contributed by atoms with Crippen molar-refractivity contribution in [1.82, 2.24) is 0 Å². The van der Waals surface area contributed by atoms with Gasteiger partial charge in [-0.05, 0) is 12.6 Å². The molecule has 1 aromatic carbocycles. The van der Waals surface area contributed by atoms with E-state index in [4.69, 9.17) is 15.2 Å². The largest absolute Gasteiger partial charge is 0.493 e. The quantitative estimate of drug-likeness (QED) is 0.724. The Kier molecular flexibility index (Phi) is 3.40. The van der Waals surface area contributed by atoms with Crippen LogP contribution < -0.4 is 20.5 Å². The number of methoxy groups -OCH3 is 2. The molecule has 94 valence electrons. The zero-order valence-corrected chi connectivity index (χ0v) is 10.1. The summed E-state index contributed by atoms with van der Waals surface area (Å²) in [5, 5.41) is 13.4. The van der Waals surface area contributed by atoms with Crippen LogP contribution in [0.15, 0.2) is 12.1 Å². The first-order chi connectivity index (χ1) is 8.21. The molecule has 0 radical (unpaired) electrons. The smallest absolute Gasteiger partial charge is 0.162 e. The van der Waals surface area contributed by atoms with Gasteiger partial charge in [-0.3, -0.25) is 0 Å². The molecule has 0 spiro atoms. The second-order valence-corrected chi connectivity index (χ2v) is 4.12. The van der Waals surface area contributed by atoms with Gasteiger partial charge in [0.25, 0.3) is 0 Å². The minimum absolute atomic E-state index is 0.0283. The van der Waals surface area contributed by atoms with Crippen LogP contribution in [0, 0.1) is 5.92 Å². The zero-order chi connectivity index (χ0) is 12.4. The third-order valence-electron chi connectivity index (χ3n) is 3.18. The molecule has 4 N–H and O–H groups in total. The predicted molar refractivity (Wildman–Crippen MR) is 65.5 cm³/mol. The third-order valence-corrected chi connectivity index (χ3v) is 3.18. The minimum Gasteiger partial charge on any atom is -0.493 e. The molecule has 2 atom stereocenters. The van der Waals surface area contributed by atoms with Crippen molar-refractivity contribution in [3.63, 3.8) is 0 Å². The summed E-state index contributed by atoms with van der Waals surface area (Å²) < 4.78 is 10.4. The Bertz CT molecular complexity index is 409. The highest BCUT2D eigenvalue weighted by Gasteiger charge is 2.28. The highest BCUT2D eigenvalue weighted by molar-refractivity contribution is 5.62. The Hall–Kier alpha value is -1.46. The summed E-state index contributed by atoms with van der Waals surface area (Å²) in [6, 6.07) is 3.64. The summed E-state index contributed by atoms with van der Waals surface area (Å²) in [5.41, 5.74) is 7.31. The summed E-state index contributed by atoms with van der Waals surface area (Å²) in [7, 11) is 3.17. The van der Waals surface area contributed by atoms with Crippen LogP contribution in [0.5, 0.6) is 11.5 Å². The number of fused-ring (bicyclic) bond motifs is 1. The van der Waals surface area contributed by atoms with Gasteiger partial charge in [0, 0.05) is 29.8 Å². The van der Waals surface area contributed by atoms with Gasteiger partial charge >= 0.3 is 0 Å². The van der Waals surface area contributed by atoms with Crippen molar-refractivity contribution in [1.29, 1.82) is 0 Å². The van der Waals surface area contributed by atoms with Gasteiger partial charge in [-0.25, -0.2) is 0 Å². The van der Waals surface area contributed by atoms with Crippen molar-refractivity contribution in [2.75, 3.05) is 32.6 Å². The van der Waals surface area contributed by atoms with E-state index < -0.39 is 6.10 Å². The van der Waals surface area contributed by atoms with Crippen LogP contribution in [0.4, 0.5) is 5.69 Å². The van der Waals surface area contributed by atoms with Crippen molar-refractivity contribution < 1.29 is 14.6 Å². The molecular weight excluding hydrogens is 220 g/mol. The second kappa shape index (κ2) is 4.81. The number of aliphatic hydroxyl groups is 1. The van der Waals surface area contributed by atoms with E-state index in [-0.39, 0.29) is 5.92 Å². The van der Waals surface area contributed by atoms with Crippen LogP contribution in [0.25, 0.3) is 0 Å². The summed E-state index contributed by atoms with van der Waals surface area (Å²) >= 11 is 0. The molecule has 0 amide bonds. The Balaban J connectivity index is 2.43. The molecule has 1 heterocycles. The molecule has 0 saturated carbocycles. The van der Waals surface area contributed by atoms with Gasteiger partial charge in [0.1, 0.15) is 0 Å². The van der Waals surface area contributed by atoms with Crippen LogP contribution in [0.2, 0.25) is 0 Å². The molecule has 0 fully saturated rings. The van der Waals surface area contributed by atoms with E-state index in [2.05, 4.69) is 5.32 Å². The SMILES string of the molecule is COc1cc2c(cc1OC)[C@H](O)[C@@H](CN)CN2. The molecule has 5 heteroatoms. The summed E-state index contributed by atoms with van der Waals surface area (Å²) in [6.07, 6.45) is -0.559. The first-order valence-electron chi connectivity index (χ1n) is 5.59. The molecule has 0 aliphatic carbocycles. The van der Waals surface area contributed by atoms with E-state index in [1.54, 1.807) is 20.3 Å². The Morgan fingerprint density at radius 3 is 2.59 bits per heavy atom. The van der Waals surface area contributed by atoms with Gasteiger partial charge in [-0.1, -0.05) is 0 Å². The number of benzene rings is 1. The summed E-state index contributed by atoms with van der Waals surface area (Å²) in [5.74, 6) is 1.29. The van der Waals surface area contributed by atoms with Crippen LogP contribution in [-0.2, 0) is 0 Å². The number of aliphatic hydroxyl groups excluding tert-OH is 1. The number of nitrogens with one attached hydrogen (secondary N) is 1. The van der Waals surface area contributed by atoms with Crippen molar-refractivity contribution in [2.45, 2.75) is 6.10 Å². The first kappa shape index (κ1) is 12.0. The fraction of sp³-hybridized carbons (Fsp3) is 0.500. The lowest BCUT2D eigenvalue weighted by Gasteiger charge is -2.31. The average molecular weight is 238 g/mol. The molecule has 2 rings (SSSR count). The summed E-state index contributed by atoms with van der Waals surface area (Å²) in [4.78, 5) is 0. The number of anilines is 1. The van der Waals surface area contributed by atoms with Crippen molar-refractivity contribution >= 4 is 5.69 Å². The predicted octanol–water partition coefficient (Wildman–Crippen LogP) is 0.738. The normalized spacial score (nSPS) is 22.6. The average Bonchev–Trinajstić information content (AvgIpc) is 2.38. The third kappa shape index (κ3) is 2.03. The molecule has 0 unspecified atom stereocenters. The molecule has 1 aromatic rings. The lowest BCUT2D eigenvalue weighted by atomic mass is 9.90. The molecule has 0 aromatic heterocycles. The molecule has 0 bridgehead atoms. The van der Waals surface area contributed by atoms with Gasteiger partial charge in [-0.2, -0.15) is 0 Å². The summed E-state index contributed by atoms with van der Waals surface area (Å²) in [6.45, 7) is 1.11. The second-order valence-electron chi connectivity index (χ2n) is 4.12. The monoisotopic (exact) mass is 238 g/mol. The Morgan fingerprint density at radius 1 is 1.35 bits per heavy atom. The van der Waals surface area contributed by atoms with E-state index >= 15 is 0 Å². The number of hydrogen-bond acceptors (Lipinski definition) is 5. The zero-order valence-electron chi connectivity index (χ0n) is 10.1. The fourth-order valence-electron chi connectivity index (χ4n) is 2.11. The van der Waals surface area contributed by atoms with E-state index in [0.29, 0.717) is 24.6 Å². The number of nitrogens with two attached hydrogens (primary N) is 1. The van der Waals surface area contributed by atoms with Gasteiger partial charge < -0.3 is 25.6 Å². The van der Waals surface area contributed by atoms with E-state index in [0.717, 1.165) is 11.3 Å². The maximum atomic E-state index is 10.2. The van der Waals surface area contributed by atoms with Crippen LogP contribution in [-0.4, -0.2) is 32.4 Å². The first-order valence-corrected chi connectivity index (χ1v) is 5.59. The molecule has 5 nitrogen and oxygen atoms in total. The standard InChI is InChI=1S/C12H18N2O3/c1-16-10-3-8-9(4-11(10)17-2)14-6-7(5-13)12(8)15/h3-4,7,12,14-15H,5-6,13H2,1-2H3/t7-,12+/m0/s1. The number of ether oxygens (including phenoxy) is 2. The number of hydrogen-bond donors (Lipinski definition) is 3. The van der Waals surface area contributed by atoms with Gasteiger partial charge in [0.2, 0.25) is 0 Å². The van der Waals surface area contributed by atoms with Crippen LogP contribution in [0.3, 0.4) is 0 Å². The van der Waals surface area contributed by atoms with E-state index in [1.165, 1.54) is 0 Å². The van der Waals surface area contributed by atoms with Crippen LogP contribution in [0.1, 0.15) is 11.7 Å². The van der Waals surface area contributed by atoms with Gasteiger partial charge in [0.15, 0.2) is 11.5 Å². The van der Waals surface area contributed by atoms with Gasteiger partial charge in [-0.15, -0.1) is 0 Å². The highest BCUT2D eigenvalue weighted by atomic mass is 16.5. The fourth-order valence-corrected chi connectivity index (χ4v) is 2.11. The molecule has 1 aliphatic heterocycles. The van der Waals surface area contributed by atoms with Crippen molar-refractivity contribution in [3.05, 3.63) is 17.7 Å². The Morgan fingerprint density at radius 2 is 2.00 bits per heavy atom. The number of rotatable bonds is 3.